The number of aliphatic hydroxyl groups is 1. The molecule has 0 saturated heterocycles. The average Bonchev–Trinajstić information content (AvgIpc) is 2.83. The van der Waals surface area contributed by atoms with E-state index in [1.54, 1.807) is 19.2 Å². The third-order valence-corrected chi connectivity index (χ3v) is 6.64. The van der Waals surface area contributed by atoms with E-state index >= 15 is 0 Å². The Hall–Kier alpha value is -2.80. The summed E-state index contributed by atoms with van der Waals surface area (Å²) in [5.74, 6) is -0.509. The van der Waals surface area contributed by atoms with E-state index < -0.39 is 11.5 Å². The predicted molar refractivity (Wildman–Crippen MR) is 138 cm³/mol. The van der Waals surface area contributed by atoms with Crippen LogP contribution in [-0.4, -0.2) is 42.7 Å². The lowest BCUT2D eigenvalue weighted by molar-refractivity contribution is 0.00354. The summed E-state index contributed by atoms with van der Waals surface area (Å²) in [5.41, 5.74) is 1.51. The first-order valence-corrected chi connectivity index (χ1v) is 11.9. The fourth-order valence-electron chi connectivity index (χ4n) is 4.48. The lowest BCUT2D eigenvalue weighted by Gasteiger charge is -2.39. The molecule has 4 aromatic rings. The highest BCUT2D eigenvalue weighted by Crippen LogP contribution is 2.47. The van der Waals surface area contributed by atoms with Crippen LogP contribution in [0.3, 0.4) is 0 Å². The Labute approximate surface area is 208 Å². The fourth-order valence-corrected chi connectivity index (χ4v) is 4.86. The van der Waals surface area contributed by atoms with Gasteiger partial charge in [0.05, 0.1) is 12.6 Å². The van der Waals surface area contributed by atoms with Crippen molar-refractivity contribution in [1.29, 1.82) is 0 Å². The number of fused-ring (bicyclic) bond motifs is 1. The minimum absolute atomic E-state index is 0.378. The van der Waals surface area contributed by atoms with E-state index in [4.69, 9.17) is 9.72 Å². The molecule has 0 saturated carbocycles. The monoisotopic (exact) mass is 522 g/mol. The zero-order valence-corrected chi connectivity index (χ0v) is 21.1. The molecular formula is C28H28BrFN2O2. The van der Waals surface area contributed by atoms with Gasteiger partial charge in [0.1, 0.15) is 11.4 Å². The van der Waals surface area contributed by atoms with Gasteiger partial charge in [-0.2, -0.15) is 0 Å². The molecule has 176 valence electrons. The summed E-state index contributed by atoms with van der Waals surface area (Å²) in [6.07, 6.45) is 0.378. The van der Waals surface area contributed by atoms with Crippen molar-refractivity contribution in [2.24, 2.45) is 0 Å². The third-order valence-electron chi connectivity index (χ3n) is 6.15. The Kier molecular flexibility index (Phi) is 7.31. The number of hydrogen-bond acceptors (Lipinski definition) is 4. The summed E-state index contributed by atoms with van der Waals surface area (Å²) in [6.45, 7) is 0.602. The zero-order chi connectivity index (χ0) is 24.3. The number of ether oxygens (including phenoxy) is 1. The Balaban J connectivity index is 2.02. The number of aromatic nitrogens is 1. The van der Waals surface area contributed by atoms with E-state index in [1.807, 2.05) is 73.6 Å². The minimum atomic E-state index is -1.43. The molecule has 0 fully saturated rings. The molecule has 0 spiro atoms. The van der Waals surface area contributed by atoms with Crippen molar-refractivity contribution in [3.05, 3.63) is 106 Å². The molecule has 6 heteroatoms. The van der Waals surface area contributed by atoms with Crippen LogP contribution >= 0.6 is 15.9 Å². The summed E-state index contributed by atoms with van der Waals surface area (Å²) in [5, 5.41) is 13.4. The second-order valence-electron chi connectivity index (χ2n) is 8.76. The summed E-state index contributed by atoms with van der Waals surface area (Å²) in [4.78, 5) is 6.78. The molecule has 4 rings (SSSR count). The number of rotatable bonds is 8. The lowest BCUT2D eigenvalue weighted by Crippen LogP contribution is -2.38. The highest BCUT2D eigenvalue weighted by molar-refractivity contribution is 9.10. The lowest BCUT2D eigenvalue weighted by atomic mass is 9.71. The van der Waals surface area contributed by atoms with Crippen LogP contribution in [0.1, 0.15) is 29.0 Å². The molecule has 1 N–H and O–H groups in total. The molecule has 0 bridgehead atoms. The van der Waals surface area contributed by atoms with Crippen LogP contribution in [-0.2, 0) is 5.60 Å². The van der Waals surface area contributed by atoms with Crippen molar-refractivity contribution in [3.63, 3.8) is 0 Å². The van der Waals surface area contributed by atoms with E-state index in [-0.39, 0.29) is 5.82 Å². The number of pyridine rings is 1. The molecule has 0 amide bonds. The molecule has 34 heavy (non-hydrogen) atoms. The van der Waals surface area contributed by atoms with Gasteiger partial charge in [-0.3, -0.25) is 0 Å². The summed E-state index contributed by atoms with van der Waals surface area (Å²) >= 11 is 3.54. The molecule has 4 nitrogen and oxygen atoms in total. The van der Waals surface area contributed by atoms with E-state index in [2.05, 4.69) is 15.9 Å². The van der Waals surface area contributed by atoms with Crippen LogP contribution in [0.5, 0.6) is 5.88 Å². The van der Waals surface area contributed by atoms with Crippen LogP contribution in [0.2, 0.25) is 0 Å². The summed E-state index contributed by atoms with van der Waals surface area (Å²) in [7, 11) is 5.50. The maximum absolute atomic E-state index is 14.4. The first-order chi connectivity index (χ1) is 16.3. The van der Waals surface area contributed by atoms with Crippen molar-refractivity contribution in [1.82, 2.24) is 9.88 Å². The second kappa shape index (κ2) is 10.2. The van der Waals surface area contributed by atoms with E-state index in [9.17, 15) is 9.50 Å². The molecule has 1 heterocycles. The smallest absolute Gasteiger partial charge is 0.217 e. The fraction of sp³-hybridized carbons (Fsp3) is 0.250. The molecule has 0 unspecified atom stereocenters. The highest BCUT2D eigenvalue weighted by atomic mass is 79.9. The van der Waals surface area contributed by atoms with Crippen LogP contribution in [0.4, 0.5) is 4.39 Å². The van der Waals surface area contributed by atoms with Gasteiger partial charge in [0, 0.05) is 27.9 Å². The number of nitrogens with zero attached hydrogens (tertiary/aromatic N) is 2. The van der Waals surface area contributed by atoms with E-state index in [0.717, 1.165) is 26.5 Å². The van der Waals surface area contributed by atoms with Gasteiger partial charge in [-0.1, -0.05) is 58.4 Å². The number of methoxy groups -OCH3 is 1. The number of hydrogen-bond donors (Lipinski definition) is 1. The topological polar surface area (TPSA) is 45.6 Å². The van der Waals surface area contributed by atoms with Gasteiger partial charge in [0.25, 0.3) is 0 Å². The summed E-state index contributed by atoms with van der Waals surface area (Å²) in [6, 6.07) is 23.9. The quantitative estimate of drug-likeness (QED) is 0.303. The molecule has 0 aliphatic heterocycles. The van der Waals surface area contributed by atoms with Crippen LogP contribution in [0, 0.1) is 5.82 Å². The number of halogens is 2. The average molecular weight is 523 g/mol. The normalized spacial score (nSPS) is 14.2. The first-order valence-electron chi connectivity index (χ1n) is 11.1. The maximum atomic E-state index is 14.4. The van der Waals surface area contributed by atoms with E-state index in [1.165, 1.54) is 12.1 Å². The van der Waals surface area contributed by atoms with Gasteiger partial charge >= 0.3 is 0 Å². The molecule has 3 aromatic carbocycles. The Morgan fingerprint density at radius 3 is 2.47 bits per heavy atom. The molecule has 2 atom stereocenters. The van der Waals surface area contributed by atoms with Crippen molar-refractivity contribution in [3.8, 4) is 5.88 Å². The Morgan fingerprint density at radius 1 is 1.03 bits per heavy atom. The molecule has 0 aliphatic carbocycles. The van der Waals surface area contributed by atoms with E-state index in [0.29, 0.717) is 24.4 Å². The SMILES string of the molecule is COc1nc2ccc(Br)cc2cc1[C@@H](c1ccccc1)[C@@](O)(CCN(C)C)c1cccc(F)c1. The Morgan fingerprint density at radius 2 is 1.79 bits per heavy atom. The van der Waals surface area contributed by atoms with Gasteiger partial charge in [-0.25, -0.2) is 9.37 Å². The van der Waals surface area contributed by atoms with Crippen molar-refractivity contribution >= 4 is 26.8 Å². The Bertz CT molecular complexity index is 1280. The first kappa shape index (κ1) is 24.3. The number of benzene rings is 3. The van der Waals surface area contributed by atoms with Gasteiger partial charge in [-0.15, -0.1) is 0 Å². The van der Waals surface area contributed by atoms with Crippen molar-refractivity contribution in [2.45, 2.75) is 17.9 Å². The van der Waals surface area contributed by atoms with Gasteiger partial charge in [-0.05, 0) is 68.0 Å². The maximum Gasteiger partial charge on any atom is 0.217 e. The minimum Gasteiger partial charge on any atom is -0.481 e. The molecule has 0 aliphatic rings. The summed E-state index contributed by atoms with van der Waals surface area (Å²) < 4.78 is 21.1. The highest BCUT2D eigenvalue weighted by Gasteiger charge is 2.42. The molecular weight excluding hydrogens is 495 g/mol. The molecule has 1 aromatic heterocycles. The van der Waals surface area contributed by atoms with Gasteiger partial charge in [0.2, 0.25) is 5.88 Å². The second-order valence-corrected chi connectivity index (χ2v) is 9.67. The third kappa shape index (κ3) is 4.99. The van der Waals surface area contributed by atoms with Gasteiger partial charge in [0.15, 0.2) is 0 Å². The van der Waals surface area contributed by atoms with Gasteiger partial charge < -0.3 is 14.7 Å². The van der Waals surface area contributed by atoms with Crippen molar-refractivity contribution < 1.29 is 14.2 Å². The standard InChI is InChI=1S/C28H28BrFN2O2/c1-32(2)15-14-28(33,21-10-7-11-23(30)18-21)26(19-8-5-4-6-9-19)24-17-20-16-22(29)12-13-25(20)31-27(24)34-3/h4-13,16-18,26,33H,14-15H2,1-3H3/t26-,28-/m1/s1. The zero-order valence-electron chi connectivity index (χ0n) is 19.5. The van der Waals surface area contributed by atoms with Crippen LogP contribution in [0.15, 0.2) is 83.3 Å². The molecule has 0 radical (unpaired) electrons. The van der Waals surface area contributed by atoms with Crippen LogP contribution < -0.4 is 4.74 Å². The van der Waals surface area contributed by atoms with Crippen molar-refractivity contribution in [2.75, 3.05) is 27.7 Å². The predicted octanol–water partition coefficient (Wildman–Crippen LogP) is 6.12. The van der Waals surface area contributed by atoms with Crippen LogP contribution in [0.25, 0.3) is 10.9 Å². The largest absolute Gasteiger partial charge is 0.481 e.